The van der Waals surface area contributed by atoms with Crippen molar-refractivity contribution in [1.82, 2.24) is 9.29 Å². The summed E-state index contributed by atoms with van der Waals surface area (Å²) in [5, 5.41) is 1.61. The second-order valence-electron chi connectivity index (χ2n) is 7.26. The second-order valence-corrected chi connectivity index (χ2v) is 10.2. The normalized spacial score (nSPS) is 15.2. The molecule has 0 unspecified atom stereocenters. The number of sulfonamides is 1. The Hall–Kier alpha value is -2.16. The smallest absolute Gasteiger partial charge is 0.336 e. The first-order valence-corrected chi connectivity index (χ1v) is 11.9. The van der Waals surface area contributed by atoms with Crippen molar-refractivity contribution in [2.45, 2.75) is 42.4 Å². The Morgan fingerprint density at radius 1 is 1.10 bits per heavy atom. The Kier molecular flexibility index (Phi) is 5.50. The predicted octanol–water partition coefficient (Wildman–Crippen LogP) is 3.88. The van der Waals surface area contributed by atoms with Gasteiger partial charge in [0.2, 0.25) is 10.0 Å². The van der Waals surface area contributed by atoms with Gasteiger partial charge in [0.15, 0.2) is 0 Å². The summed E-state index contributed by atoms with van der Waals surface area (Å²) in [5.74, 6) is 0.538. The van der Waals surface area contributed by atoms with Gasteiger partial charge in [-0.1, -0.05) is 0 Å². The van der Waals surface area contributed by atoms with Crippen LogP contribution in [-0.2, 0) is 15.8 Å². The molecule has 2 aromatic heterocycles. The molecule has 1 fully saturated rings. The van der Waals surface area contributed by atoms with Crippen LogP contribution in [-0.4, -0.2) is 30.8 Å². The van der Waals surface area contributed by atoms with E-state index in [-0.39, 0.29) is 10.5 Å². The van der Waals surface area contributed by atoms with E-state index in [1.165, 1.54) is 28.3 Å². The maximum atomic E-state index is 12.6. The summed E-state index contributed by atoms with van der Waals surface area (Å²) < 4.78 is 32.1. The highest BCUT2D eigenvalue weighted by atomic mass is 32.2. The lowest BCUT2D eigenvalue weighted by Crippen LogP contribution is -2.27. The summed E-state index contributed by atoms with van der Waals surface area (Å²) in [6.07, 6.45) is 3.22. The van der Waals surface area contributed by atoms with Gasteiger partial charge in [-0.05, 0) is 67.6 Å². The zero-order valence-electron chi connectivity index (χ0n) is 16.3. The molecular weight excluding hydrogens is 408 g/mol. The van der Waals surface area contributed by atoms with Crippen LogP contribution in [0.5, 0.6) is 0 Å². The molecule has 3 heterocycles. The van der Waals surface area contributed by atoms with Crippen molar-refractivity contribution in [3.63, 3.8) is 0 Å². The topological polar surface area (TPSA) is 80.5 Å². The number of rotatable bonds is 5. The van der Waals surface area contributed by atoms with Crippen LogP contribution in [0.4, 0.5) is 0 Å². The highest BCUT2D eigenvalue weighted by Crippen LogP contribution is 2.28. The number of fused-ring (bicyclic) bond motifs is 1. The summed E-state index contributed by atoms with van der Waals surface area (Å²) in [5.41, 5.74) is 3.28. The predicted molar refractivity (Wildman–Crippen MR) is 114 cm³/mol. The van der Waals surface area contributed by atoms with Crippen molar-refractivity contribution in [2.24, 2.45) is 0 Å². The van der Waals surface area contributed by atoms with Gasteiger partial charge >= 0.3 is 5.63 Å². The summed E-state index contributed by atoms with van der Waals surface area (Å²) in [7, 11) is -3.46. The Labute approximate surface area is 174 Å². The van der Waals surface area contributed by atoms with E-state index < -0.39 is 10.0 Å². The molecule has 0 atom stereocenters. The fourth-order valence-electron chi connectivity index (χ4n) is 3.44. The quantitative estimate of drug-likeness (QED) is 0.451. The first kappa shape index (κ1) is 20.1. The molecule has 0 aliphatic carbocycles. The van der Waals surface area contributed by atoms with Gasteiger partial charge < -0.3 is 4.42 Å². The lowest BCUT2D eigenvalue weighted by atomic mass is 10.0. The Morgan fingerprint density at radius 3 is 2.52 bits per heavy atom. The van der Waals surface area contributed by atoms with Crippen molar-refractivity contribution in [2.75, 3.05) is 13.1 Å². The molecule has 8 heteroatoms. The first-order chi connectivity index (χ1) is 13.8. The third-order valence-corrected chi connectivity index (χ3v) is 8.11. The van der Waals surface area contributed by atoms with E-state index >= 15 is 0 Å². The molecule has 0 amide bonds. The molecule has 0 radical (unpaired) electrons. The molecule has 4 rings (SSSR count). The van der Waals surface area contributed by atoms with Crippen molar-refractivity contribution >= 4 is 32.8 Å². The molecule has 0 spiro atoms. The third-order valence-electron chi connectivity index (χ3n) is 5.23. The number of pyridine rings is 1. The van der Waals surface area contributed by atoms with E-state index in [9.17, 15) is 13.2 Å². The molecule has 3 aromatic rings. The summed E-state index contributed by atoms with van der Waals surface area (Å²) in [6, 6.07) is 8.75. The van der Waals surface area contributed by atoms with E-state index in [1.807, 2.05) is 26.0 Å². The van der Waals surface area contributed by atoms with Crippen LogP contribution in [0.2, 0.25) is 0 Å². The van der Waals surface area contributed by atoms with Crippen LogP contribution in [0.15, 0.2) is 55.7 Å². The van der Waals surface area contributed by atoms with Crippen LogP contribution >= 0.6 is 11.8 Å². The lowest BCUT2D eigenvalue weighted by molar-refractivity contribution is 0.477. The Balaban J connectivity index is 1.55. The van der Waals surface area contributed by atoms with Gasteiger partial charge in [0.25, 0.3) is 0 Å². The van der Waals surface area contributed by atoms with Gasteiger partial charge in [0.05, 0.1) is 5.03 Å². The van der Waals surface area contributed by atoms with Crippen molar-refractivity contribution in [3.8, 4) is 0 Å². The largest absolute Gasteiger partial charge is 0.423 e. The van der Waals surface area contributed by atoms with Crippen LogP contribution in [0.25, 0.3) is 11.0 Å². The minimum atomic E-state index is -3.46. The zero-order chi connectivity index (χ0) is 20.6. The number of benzene rings is 1. The van der Waals surface area contributed by atoms with E-state index in [0.29, 0.717) is 29.5 Å². The summed E-state index contributed by atoms with van der Waals surface area (Å²) in [4.78, 5) is 16.5. The molecule has 1 aromatic carbocycles. The average Bonchev–Trinajstić information content (AvgIpc) is 3.23. The van der Waals surface area contributed by atoms with Crippen molar-refractivity contribution in [1.29, 1.82) is 0 Å². The van der Waals surface area contributed by atoms with Gasteiger partial charge in [0.1, 0.15) is 10.5 Å². The molecule has 0 N–H and O–H groups in total. The maximum Gasteiger partial charge on any atom is 0.336 e. The number of hydrogen-bond donors (Lipinski definition) is 0. The second kappa shape index (κ2) is 7.93. The molecule has 29 heavy (non-hydrogen) atoms. The van der Waals surface area contributed by atoms with Crippen molar-refractivity contribution in [3.05, 3.63) is 63.6 Å². The van der Waals surface area contributed by atoms with Gasteiger partial charge in [-0.25, -0.2) is 18.2 Å². The molecule has 1 saturated heterocycles. The van der Waals surface area contributed by atoms with Gasteiger partial charge in [-0.3, -0.25) is 0 Å². The Bertz CT molecular complexity index is 1210. The number of thioether (sulfide) groups is 1. The van der Waals surface area contributed by atoms with Gasteiger partial charge in [-0.15, -0.1) is 11.8 Å². The molecule has 152 valence electrons. The van der Waals surface area contributed by atoms with Gasteiger partial charge in [-0.2, -0.15) is 4.31 Å². The molecule has 1 aliphatic rings. The number of nitrogens with zero attached hydrogens (tertiary/aromatic N) is 2. The fraction of sp³-hybridized carbons (Fsp3) is 0.333. The van der Waals surface area contributed by atoms with Crippen LogP contribution in [0.3, 0.4) is 0 Å². The highest BCUT2D eigenvalue weighted by Gasteiger charge is 2.27. The molecule has 0 bridgehead atoms. The van der Waals surface area contributed by atoms with Gasteiger partial charge in [0, 0.05) is 36.5 Å². The summed E-state index contributed by atoms with van der Waals surface area (Å²) in [6.45, 7) is 5.15. The lowest BCUT2D eigenvalue weighted by Gasteiger charge is -2.15. The standard InChI is InChI=1S/C21H22N2O4S2/c1-14-9-18-16(11-21(24)27-19(18)10-15(14)2)13-28-20-6-5-17(12-22-20)29(25,26)23-7-3-4-8-23/h5-6,9-12H,3-4,7-8,13H2,1-2H3. The highest BCUT2D eigenvalue weighted by molar-refractivity contribution is 7.98. The molecular formula is C21H22N2O4S2. The first-order valence-electron chi connectivity index (χ1n) is 9.47. The number of aromatic nitrogens is 1. The number of aryl methyl sites for hydroxylation is 2. The Morgan fingerprint density at radius 2 is 1.83 bits per heavy atom. The third kappa shape index (κ3) is 4.10. The SMILES string of the molecule is Cc1cc2oc(=O)cc(CSc3ccc(S(=O)(=O)N4CCCC4)cn3)c2cc1C. The number of hydrogen-bond acceptors (Lipinski definition) is 6. The molecule has 6 nitrogen and oxygen atoms in total. The molecule has 0 saturated carbocycles. The minimum absolute atomic E-state index is 0.223. The van der Waals surface area contributed by atoms with Crippen LogP contribution < -0.4 is 5.63 Å². The summed E-state index contributed by atoms with van der Waals surface area (Å²) >= 11 is 1.46. The zero-order valence-corrected chi connectivity index (χ0v) is 18.0. The average molecular weight is 431 g/mol. The maximum absolute atomic E-state index is 12.6. The van der Waals surface area contributed by atoms with Crippen LogP contribution in [0.1, 0.15) is 29.5 Å². The van der Waals surface area contributed by atoms with Crippen molar-refractivity contribution < 1.29 is 12.8 Å². The van der Waals surface area contributed by atoms with E-state index in [4.69, 9.17) is 4.42 Å². The van der Waals surface area contributed by atoms with Crippen LogP contribution in [0, 0.1) is 13.8 Å². The fourth-order valence-corrected chi connectivity index (χ4v) is 5.73. The monoisotopic (exact) mass is 430 g/mol. The molecule has 1 aliphatic heterocycles. The minimum Gasteiger partial charge on any atom is -0.423 e. The van der Waals surface area contributed by atoms with E-state index in [0.717, 1.165) is 34.9 Å². The van der Waals surface area contributed by atoms with E-state index in [1.54, 1.807) is 12.1 Å². The van der Waals surface area contributed by atoms with E-state index in [2.05, 4.69) is 4.98 Å².